The summed E-state index contributed by atoms with van der Waals surface area (Å²) in [4.78, 5) is 37.1. The Morgan fingerprint density at radius 3 is 2.64 bits per heavy atom. The Labute approximate surface area is 212 Å². The summed E-state index contributed by atoms with van der Waals surface area (Å²) in [5.41, 5.74) is 2.98. The lowest BCUT2D eigenvalue weighted by Crippen LogP contribution is -2.42. The van der Waals surface area contributed by atoms with Crippen LogP contribution >= 0.6 is 0 Å². The number of hydrogen-bond acceptors (Lipinski definition) is 5. The summed E-state index contributed by atoms with van der Waals surface area (Å²) in [7, 11) is 1.72. The van der Waals surface area contributed by atoms with Gasteiger partial charge in [0.2, 0.25) is 5.91 Å². The molecule has 0 spiro atoms. The second-order valence-corrected chi connectivity index (χ2v) is 10.1. The van der Waals surface area contributed by atoms with E-state index in [0.29, 0.717) is 36.7 Å². The van der Waals surface area contributed by atoms with Crippen LogP contribution in [-0.4, -0.2) is 63.9 Å². The number of hydrogen-bond donors (Lipinski definition) is 1. The lowest BCUT2D eigenvalue weighted by molar-refractivity contribution is -0.132. The highest BCUT2D eigenvalue weighted by atomic mass is 16.5. The molecule has 0 unspecified atom stereocenters. The molecule has 0 aromatic carbocycles. The Morgan fingerprint density at radius 2 is 1.92 bits per heavy atom. The van der Waals surface area contributed by atoms with Gasteiger partial charge in [0.25, 0.3) is 5.91 Å². The summed E-state index contributed by atoms with van der Waals surface area (Å²) in [5, 5.41) is 3.21. The molecule has 0 atom stereocenters. The van der Waals surface area contributed by atoms with Crippen LogP contribution in [0.5, 0.6) is 0 Å². The fourth-order valence-corrected chi connectivity index (χ4v) is 5.75. The first-order valence-electron chi connectivity index (χ1n) is 13.0. The third kappa shape index (κ3) is 5.14. The van der Waals surface area contributed by atoms with E-state index in [2.05, 4.69) is 21.4 Å². The highest BCUT2D eigenvalue weighted by Crippen LogP contribution is 2.38. The quantitative estimate of drug-likeness (QED) is 0.548. The molecule has 1 aliphatic carbocycles. The van der Waals surface area contributed by atoms with Crippen LogP contribution in [0.3, 0.4) is 0 Å². The molecule has 1 aliphatic heterocycles. The maximum Gasteiger partial charge on any atom is 0.268 e. The van der Waals surface area contributed by atoms with E-state index in [4.69, 9.17) is 4.74 Å². The van der Waals surface area contributed by atoms with E-state index >= 15 is 0 Å². The molecule has 2 amide bonds. The van der Waals surface area contributed by atoms with Crippen molar-refractivity contribution in [2.45, 2.75) is 62.9 Å². The Morgan fingerprint density at radius 1 is 1.11 bits per heavy atom. The van der Waals surface area contributed by atoms with Crippen LogP contribution < -0.4 is 5.32 Å². The lowest BCUT2D eigenvalue weighted by Gasteiger charge is -2.37. The Hall–Kier alpha value is -3.26. The van der Waals surface area contributed by atoms with E-state index < -0.39 is 0 Å². The molecular formula is C28H35N5O3. The number of rotatable bonds is 7. The number of ether oxygens (including phenoxy) is 1. The number of imidazole rings is 1. The van der Waals surface area contributed by atoms with Crippen LogP contribution in [0.25, 0.3) is 5.65 Å². The number of carbonyl (C=O) groups is 2. The highest BCUT2D eigenvalue weighted by Gasteiger charge is 2.34. The molecule has 3 aromatic heterocycles. The van der Waals surface area contributed by atoms with Crippen LogP contribution in [-0.2, 0) is 21.4 Å². The van der Waals surface area contributed by atoms with Gasteiger partial charge in [-0.2, -0.15) is 0 Å². The lowest BCUT2D eigenvalue weighted by atomic mass is 9.70. The zero-order valence-corrected chi connectivity index (χ0v) is 21.0. The molecule has 0 bridgehead atoms. The van der Waals surface area contributed by atoms with Gasteiger partial charge in [-0.15, -0.1) is 0 Å². The third-order valence-electron chi connectivity index (χ3n) is 7.91. The molecular weight excluding hydrogens is 454 g/mol. The summed E-state index contributed by atoms with van der Waals surface area (Å²) in [6, 6.07) is 9.62. The second kappa shape index (κ2) is 10.8. The Bertz CT molecular complexity index is 1190. The smallest absolute Gasteiger partial charge is 0.268 e. The standard InChI is InChI=1S/C28H35N5O3/c1-36-23-10-15-32(16-11-23)26(34)17-22-19-33-24(8-5-9-25(33)31-22)27(35)30-20-28(12-3-2-4-13-28)21-7-6-14-29-18-21/h5-9,14,18-19,23H,2-4,10-13,15-17,20H2,1H3,(H,30,35). The van der Waals surface area contributed by atoms with Gasteiger partial charge >= 0.3 is 0 Å². The average molecular weight is 490 g/mol. The molecule has 8 heteroatoms. The predicted molar refractivity (Wildman–Crippen MR) is 137 cm³/mol. The van der Waals surface area contributed by atoms with E-state index in [1.54, 1.807) is 17.7 Å². The molecule has 1 saturated heterocycles. The fourth-order valence-electron chi connectivity index (χ4n) is 5.75. The normalized spacial score (nSPS) is 18.3. The molecule has 0 radical (unpaired) electrons. The zero-order chi connectivity index (χ0) is 25.0. The predicted octanol–water partition coefficient (Wildman–Crippen LogP) is 3.54. The van der Waals surface area contributed by atoms with Crippen molar-refractivity contribution in [1.29, 1.82) is 0 Å². The molecule has 36 heavy (non-hydrogen) atoms. The fraction of sp³-hybridized carbons (Fsp3) is 0.500. The highest BCUT2D eigenvalue weighted by molar-refractivity contribution is 5.93. The minimum Gasteiger partial charge on any atom is -0.381 e. The van der Waals surface area contributed by atoms with Crippen molar-refractivity contribution < 1.29 is 14.3 Å². The summed E-state index contributed by atoms with van der Waals surface area (Å²) in [6.07, 6.45) is 13.4. The molecule has 2 fully saturated rings. The number of fused-ring (bicyclic) bond motifs is 1. The third-order valence-corrected chi connectivity index (χ3v) is 7.91. The van der Waals surface area contributed by atoms with Crippen LogP contribution in [0.4, 0.5) is 0 Å². The van der Waals surface area contributed by atoms with Crippen molar-refractivity contribution in [3.05, 3.63) is 65.9 Å². The average Bonchev–Trinajstić information content (AvgIpc) is 3.35. The van der Waals surface area contributed by atoms with Gasteiger partial charge in [-0.1, -0.05) is 31.4 Å². The summed E-state index contributed by atoms with van der Waals surface area (Å²) in [5.74, 6) is -0.0685. The topological polar surface area (TPSA) is 88.8 Å². The van der Waals surface area contributed by atoms with Gasteiger partial charge in [-0.25, -0.2) is 4.98 Å². The molecule has 3 aromatic rings. The number of likely N-dealkylation sites (tertiary alicyclic amines) is 1. The molecule has 1 N–H and O–H groups in total. The van der Waals surface area contributed by atoms with Crippen LogP contribution in [0.2, 0.25) is 0 Å². The SMILES string of the molecule is COC1CCN(C(=O)Cc2cn3c(C(=O)NCC4(c5cccnc5)CCCCC4)cccc3n2)CC1. The number of methoxy groups -OCH3 is 1. The first-order chi connectivity index (χ1) is 17.6. The van der Waals surface area contributed by atoms with E-state index in [-0.39, 0.29) is 29.8 Å². The van der Waals surface area contributed by atoms with Gasteiger partial charge in [0, 0.05) is 50.7 Å². The summed E-state index contributed by atoms with van der Waals surface area (Å²) in [6.45, 7) is 1.99. The number of pyridine rings is 2. The van der Waals surface area contributed by atoms with Crippen molar-refractivity contribution in [3.63, 3.8) is 0 Å². The number of nitrogens with zero attached hydrogens (tertiary/aromatic N) is 4. The number of piperidine rings is 1. The Kier molecular flexibility index (Phi) is 7.32. The van der Waals surface area contributed by atoms with Crippen molar-refractivity contribution in [2.24, 2.45) is 0 Å². The Balaban J connectivity index is 1.29. The van der Waals surface area contributed by atoms with Crippen LogP contribution in [0, 0.1) is 0 Å². The van der Waals surface area contributed by atoms with Gasteiger partial charge in [-0.05, 0) is 49.4 Å². The van der Waals surface area contributed by atoms with E-state index in [1.165, 1.54) is 12.0 Å². The molecule has 190 valence electrons. The molecule has 4 heterocycles. The number of carbonyl (C=O) groups excluding carboxylic acids is 2. The van der Waals surface area contributed by atoms with Gasteiger partial charge in [0.1, 0.15) is 11.3 Å². The van der Waals surface area contributed by atoms with Crippen molar-refractivity contribution >= 4 is 17.5 Å². The van der Waals surface area contributed by atoms with Crippen molar-refractivity contribution in [3.8, 4) is 0 Å². The summed E-state index contributed by atoms with van der Waals surface area (Å²) >= 11 is 0. The van der Waals surface area contributed by atoms with Gasteiger partial charge < -0.3 is 15.0 Å². The first-order valence-corrected chi connectivity index (χ1v) is 13.0. The minimum atomic E-state index is -0.133. The second-order valence-electron chi connectivity index (χ2n) is 10.1. The van der Waals surface area contributed by atoms with Crippen molar-refractivity contribution in [2.75, 3.05) is 26.7 Å². The maximum atomic E-state index is 13.4. The number of amides is 2. The van der Waals surface area contributed by atoms with E-state index in [1.807, 2.05) is 41.6 Å². The van der Waals surface area contributed by atoms with Crippen LogP contribution in [0.15, 0.2) is 48.9 Å². The van der Waals surface area contributed by atoms with Gasteiger partial charge in [0.15, 0.2) is 0 Å². The minimum absolute atomic E-state index is 0.0645. The zero-order valence-electron chi connectivity index (χ0n) is 21.0. The number of nitrogens with one attached hydrogen (secondary N) is 1. The number of aromatic nitrogens is 3. The largest absolute Gasteiger partial charge is 0.381 e. The monoisotopic (exact) mass is 489 g/mol. The van der Waals surface area contributed by atoms with Gasteiger partial charge in [-0.3, -0.25) is 19.0 Å². The van der Waals surface area contributed by atoms with Crippen molar-refractivity contribution in [1.82, 2.24) is 24.6 Å². The summed E-state index contributed by atoms with van der Waals surface area (Å²) < 4.78 is 7.21. The van der Waals surface area contributed by atoms with E-state index in [0.717, 1.165) is 38.5 Å². The molecule has 2 aliphatic rings. The maximum absolute atomic E-state index is 13.4. The van der Waals surface area contributed by atoms with Gasteiger partial charge in [0.05, 0.1) is 18.2 Å². The first kappa shape index (κ1) is 24.4. The molecule has 5 rings (SSSR count). The van der Waals surface area contributed by atoms with Crippen LogP contribution in [0.1, 0.15) is 66.7 Å². The molecule has 1 saturated carbocycles. The molecule has 8 nitrogen and oxygen atoms in total. The van der Waals surface area contributed by atoms with E-state index in [9.17, 15) is 9.59 Å².